The number of amides is 1. The maximum absolute atomic E-state index is 15.2. The summed E-state index contributed by atoms with van der Waals surface area (Å²) in [7, 11) is 0. The Labute approximate surface area is 224 Å². The maximum Gasteiger partial charge on any atom is 0.307 e. The molecule has 0 saturated heterocycles. The van der Waals surface area contributed by atoms with Crippen molar-refractivity contribution in [3.05, 3.63) is 93.7 Å². The molecule has 0 saturated carbocycles. The number of nitrogens with one attached hydrogen (secondary N) is 1. The number of carbonyl (C=O) groups excluding carboxylic acids is 1. The standard InChI is InChI=1S/C28H26Cl2FNO5/c1-16(32-26(33)14-20(28(36)37)15-27(34)35)22(11-17-7-10-23(29)24(30)12-17)19-8-9-21(25(31)13-19)18-5-3-2-4-6-18/h2-10,12-13,16,20,22H,11,14-15H2,1H3,(H,32,33)(H,34,35)(H,36,37)/t16-,20-,22+/m1/s1. The van der Waals surface area contributed by atoms with E-state index in [0.29, 0.717) is 27.6 Å². The normalized spacial score (nSPS) is 13.4. The van der Waals surface area contributed by atoms with Gasteiger partial charge in [-0.1, -0.05) is 71.7 Å². The minimum Gasteiger partial charge on any atom is -0.481 e. The van der Waals surface area contributed by atoms with Gasteiger partial charge >= 0.3 is 11.9 Å². The zero-order valence-corrected chi connectivity index (χ0v) is 21.5. The van der Waals surface area contributed by atoms with Gasteiger partial charge in [0.15, 0.2) is 0 Å². The molecule has 3 N–H and O–H groups in total. The van der Waals surface area contributed by atoms with Crippen molar-refractivity contribution in [1.29, 1.82) is 0 Å². The molecule has 6 nitrogen and oxygen atoms in total. The highest BCUT2D eigenvalue weighted by molar-refractivity contribution is 6.42. The van der Waals surface area contributed by atoms with Crippen molar-refractivity contribution in [1.82, 2.24) is 5.32 Å². The minimum absolute atomic E-state index is 0.359. The van der Waals surface area contributed by atoms with Gasteiger partial charge in [0.25, 0.3) is 0 Å². The van der Waals surface area contributed by atoms with Crippen LogP contribution in [-0.4, -0.2) is 34.1 Å². The molecule has 0 aliphatic rings. The first-order chi connectivity index (χ1) is 17.5. The van der Waals surface area contributed by atoms with Gasteiger partial charge in [-0.25, -0.2) is 4.39 Å². The summed E-state index contributed by atoms with van der Waals surface area (Å²) in [4.78, 5) is 35.0. The van der Waals surface area contributed by atoms with Gasteiger partial charge in [-0.2, -0.15) is 0 Å². The predicted molar refractivity (Wildman–Crippen MR) is 140 cm³/mol. The van der Waals surface area contributed by atoms with E-state index < -0.39 is 54.4 Å². The third-order valence-corrected chi connectivity index (χ3v) is 6.88. The summed E-state index contributed by atoms with van der Waals surface area (Å²) in [5, 5.41) is 21.7. The van der Waals surface area contributed by atoms with E-state index in [4.69, 9.17) is 28.3 Å². The maximum atomic E-state index is 15.2. The Morgan fingerprint density at radius 3 is 2.22 bits per heavy atom. The van der Waals surface area contributed by atoms with Crippen LogP contribution in [0.15, 0.2) is 66.7 Å². The van der Waals surface area contributed by atoms with E-state index in [1.807, 2.05) is 30.3 Å². The third-order valence-electron chi connectivity index (χ3n) is 6.14. The first-order valence-electron chi connectivity index (χ1n) is 11.6. The van der Waals surface area contributed by atoms with Gasteiger partial charge in [0.05, 0.1) is 22.4 Å². The monoisotopic (exact) mass is 545 g/mol. The molecule has 3 atom stereocenters. The lowest BCUT2D eigenvalue weighted by molar-refractivity contribution is -0.149. The number of rotatable bonds is 11. The highest BCUT2D eigenvalue weighted by atomic mass is 35.5. The topological polar surface area (TPSA) is 104 Å². The Hall–Kier alpha value is -3.42. The number of carbonyl (C=O) groups is 3. The number of carboxylic acid groups (broad SMARTS) is 2. The molecule has 0 aliphatic heterocycles. The molecular formula is C28H26Cl2FNO5. The Morgan fingerprint density at radius 1 is 0.919 bits per heavy atom. The van der Waals surface area contributed by atoms with Crippen LogP contribution in [-0.2, 0) is 20.8 Å². The molecule has 0 radical (unpaired) electrons. The summed E-state index contributed by atoms with van der Waals surface area (Å²) < 4.78 is 15.2. The fraction of sp³-hybridized carbons (Fsp3) is 0.250. The van der Waals surface area contributed by atoms with Gasteiger partial charge in [0.1, 0.15) is 5.82 Å². The van der Waals surface area contributed by atoms with E-state index in [1.54, 1.807) is 37.3 Å². The molecule has 3 aromatic carbocycles. The van der Waals surface area contributed by atoms with Crippen LogP contribution in [0.5, 0.6) is 0 Å². The first-order valence-corrected chi connectivity index (χ1v) is 12.3. The molecule has 0 fully saturated rings. The Bertz CT molecular complexity index is 1280. The van der Waals surface area contributed by atoms with Crippen LogP contribution in [0.4, 0.5) is 4.39 Å². The average molecular weight is 546 g/mol. The fourth-order valence-electron chi connectivity index (χ4n) is 4.21. The van der Waals surface area contributed by atoms with Crippen molar-refractivity contribution in [3.63, 3.8) is 0 Å². The van der Waals surface area contributed by atoms with E-state index in [0.717, 1.165) is 11.1 Å². The van der Waals surface area contributed by atoms with Crippen LogP contribution in [0.3, 0.4) is 0 Å². The molecule has 1 amide bonds. The second-order valence-electron chi connectivity index (χ2n) is 8.86. The number of aliphatic carboxylic acids is 2. The first kappa shape index (κ1) is 28.2. The lowest BCUT2D eigenvalue weighted by Crippen LogP contribution is -2.39. The van der Waals surface area contributed by atoms with E-state index in [1.165, 1.54) is 6.07 Å². The summed E-state index contributed by atoms with van der Waals surface area (Å²) in [6.07, 6.45) is -0.789. The highest BCUT2D eigenvalue weighted by Crippen LogP contribution is 2.32. The number of hydrogen-bond donors (Lipinski definition) is 3. The Morgan fingerprint density at radius 2 is 1.62 bits per heavy atom. The van der Waals surface area contributed by atoms with Gasteiger partial charge in [-0.3, -0.25) is 14.4 Å². The molecule has 3 aromatic rings. The van der Waals surface area contributed by atoms with Crippen molar-refractivity contribution in [2.45, 2.75) is 38.1 Å². The van der Waals surface area contributed by atoms with Crippen molar-refractivity contribution in [2.75, 3.05) is 0 Å². The van der Waals surface area contributed by atoms with Crippen LogP contribution in [0.2, 0.25) is 10.0 Å². The van der Waals surface area contributed by atoms with Crippen molar-refractivity contribution in [2.24, 2.45) is 5.92 Å². The van der Waals surface area contributed by atoms with Gasteiger partial charge in [0, 0.05) is 23.9 Å². The van der Waals surface area contributed by atoms with Crippen LogP contribution in [0.1, 0.15) is 36.8 Å². The molecule has 9 heteroatoms. The molecule has 37 heavy (non-hydrogen) atoms. The van der Waals surface area contributed by atoms with Crippen LogP contribution in [0, 0.1) is 11.7 Å². The number of halogens is 3. The summed E-state index contributed by atoms with van der Waals surface area (Å²) in [6, 6.07) is 18.6. The highest BCUT2D eigenvalue weighted by Gasteiger charge is 2.27. The number of benzene rings is 3. The molecule has 194 valence electrons. The molecule has 0 bridgehead atoms. The molecule has 0 aliphatic carbocycles. The lowest BCUT2D eigenvalue weighted by atomic mass is 9.85. The van der Waals surface area contributed by atoms with E-state index in [9.17, 15) is 19.5 Å². The lowest BCUT2D eigenvalue weighted by Gasteiger charge is -2.27. The molecule has 0 heterocycles. The van der Waals surface area contributed by atoms with E-state index in [-0.39, 0.29) is 0 Å². The third kappa shape index (κ3) is 7.78. The molecule has 0 aromatic heterocycles. The number of carboxylic acids is 2. The summed E-state index contributed by atoms with van der Waals surface area (Å²) in [5.41, 5.74) is 2.60. The Kier molecular flexibility index (Phi) is 9.66. The SMILES string of the molecule is C[C@@H](NC(=O)C[C@H](CC(=O)O)C(=O)O)[C@H](Cc1ccc(Cl)c(Cl)c1)c1ccc(-c2ccccc2)c(F)c1. The molecule has 3 rings (SSSR count). The van der Waals surface area contributed by atoms with E-state index in [2.05, 4.69) is 5.32 Å². The second kappa shape index (κ2) is 12.7. The molecular weight excluding hydrogens is 520 g/mol. The quantitative estimate of drug-likeness (QED) is 0.266. The minimum atomic E-state index is -1.36. The van der Waals surface area contributed by atoms with E-state index >= 15 is 4.39 Å². The molecule has 0 unspecified atom stereocenters. The zero-order chi connectivity index (χ0) is 27.1. The van der Waals surface area contributed by atoms with Crippen LogP contribution >= 0.6 is 23.2 Å². The molecule has 0 spiro atoms. The zero-order valence-electron chi connectivity index (χ0n) is 20.0. The second-order valence-corrected chi connectivity index (χ2v) is 9.67. The summed E-state index contributed by atoms with van der Waals surface area (Å²) >= 11 is 12.2. The smallest absolute Gasteiger partial charge is 0.307 e. The summed E-state index contributed by atoms with van der Waals surface area (Å²) in [6.45, 7) is 1.73. The predicted octanol–water partition coefficient (Wildman–Crippen LogP) is 6.20. The van der Waals surface area contributed by atoms with Crippen molar-refractivity contribution >= 4 is 41.0 Å². The van der Waals surface area contributed by atoms with Crippen LogP contribution in [0.25, 0.3) is 11.1 Å². The largest absolute Gasteiger partial charge is 0.481 e. The van der Waals surface area contributed by atoms with Gasteiger partial charge < -0.3 is 15.5 Å². The van der Waals surface area contributed by atoms with Crippen LogP contribution < -0.4 is 5.32 Å². The van der Waals surface area contributed by atoms with Crippen molar-refractivity contribution in [3.8, 4) is 11.1 Å². The fourth-order valence-corrected chi connectivity index (χ4v) is 4.53. The van der Waals surface area contributed by atoms with Gasteiger partial charge in [-0.05, 0) is 48.2 Å². The van der Waals surface area contributed by atoms with Gasteiger partial charge in [-0.15, -0.1) is 0 Å². The number of hydrogen-bond acceptors (Lipinski definition) is 3. The Balaban J connectivity index is 1.89. The van der Waals surface area contributed by atoms with Gasteiger partial charge in [0.2, 0.25) is 5.91 Å². The van der Waals surface area contributed by atoms with Crippen molar-refractivity contribution < 1.29 is 29.0 Å². The average Bonchev–Trinajstić information content (AvgIpc) is 2.84. The summed E-state index contributed by atoms with van der Waals surface area (Å²) in [5.74, 6) is -5.48.